The lowest BCUT2D eigenvalue weighted by Crippen LogP contribution is -2.46. The first-order valence-electron chi connectivity index (χ1n) is 9.45. The van der Waals surface area contributed by atoms with Crippen molar-refractivity contribution >= 4 is 23.1 Å². The van der Waals surface area contributed by atoms with Crippen LogP contribution in [0.2, 0.25) is 0 Å². The molecule has 0 radical (unpaired) electrons. The number of anilines is 4. The molecule has 1 aromatic carbocycles. The Morgan fingerprint density at radius 3 is 2.36 bits per heavy atom. The summed E-state index contributed by atoms with van der Waals surface area (Å²) >= 11 is 0. The number of nitrogen functional groups attached to an aromatic ring is 2. The van der Waals surface area contributed by atoms with E-state index in [0.717, 1.165) is 43.1 Å². The maximum Gasteiger partial charge on any atom is 0.222 e. The molecule has 3 heterocycles. The lowest BCUT2D eigenvalue weighted by atomic mass is 10.1. The molecule has 4 N–H and O–H groups in total. The zero-order chi connectivity index (χ0) is 19.9. The second-order valence-electron chi connectivity index (χ2n) is 6.12. The second kappa shape index (κ2) is 8.98. The molecule has 146 valence electrons. The van der Waals surface area contributed by atoms with E-state index < -0.39 is 0 Å². The van der Waals surface area contributed by atoms with Crippen LogP contribution in [0.15, 0.2) is 49.1 Å². The monoisotopic (exact) mass is 378 g/mol. The van der Waals surface area contributed by atoms with Gasteiger partial charge in [0.2, 0.25) is 5.95 Å². The summed E-state index contributed by atoms with van der Waals surface area (Å²) < 4.78 is 0. The van der Waals surface area contributed by atoms with Gasteiger partial charge in [-0.25, -0.2) is 15.0 Å². The summed E-state index contributed by atoms with van der Waals surface area (Å²) in [5.74, 6) is 0.628. The molecule has 1 fully saturated rings. The zero-order valence-corrected chi connectivity index (χ0v) is 16.3. The van der Waals surface area contributed by atoms with Gasteiger partial charge in [0, 0.05) is 43.6 Å². The molecule has 3 aromatic rings. The van der Waals surface area contributed by atoms with Gasteiger partial charge >= 0.3 is 0 Å². The highest BCUT2D eigenvalue weighted by Gasteiger charge is 2.20. The van der Waals surface area contributed by atoms with Crippen LogP contribution < -0.4 is 21.3 Å². The van der Waals surface area contributed by atoms with Crippen LogP contribution in [-0.2, 0) is 0 Å². The van der Waals surface area contributed by atoms with Crippen molar-refractivity contribution in [2.45, 2.75) is 13.8 Å². The van der Waals surface area contributed by atoms with Crippen molar-refractivity contribution in [1.82, 2.24) is 19.9 Å². The maximum atomic E-state index is 5.98. The average molecular weight is 378 g/mol. The van der Waals surface area contributed by atoms with Crippen molar-refractivity contribution in [1.29, 1.82) is 0 Å². The third-order valence-electron chi connectivity index (χ3n) is 4.53. The highest BCUT2D eigenvalue weighted by Crippen LogP contribution is 2.26. The Labute approximate surface area is 165 Å². The normalized spacial score (nSPS) is 13.6. The van der Waals surface area contributed by atoms with Crippen LogP contribution in [0.5, 0.6) is 0 Å². The second-order valence-corrected chi connectivity index (χ2v) is 6.12. The summed E-state index contributed by atoms with van der Waals surface area (Å²) in [7, 11) is 0. The van der Waals surface area contributed by atoms with Crippen molar-refractivity contribution in [2.75, 3.05) is 47.4 Å². The number of hydrogen-bond donors (Lipinski definition) is 2. The quantitative estimate of drug-likeness (QED) is 0.715. The predicted molar refractivity (Wildman–Crippen MR) is 114 cm³/mol. The number of nitrogens with two attached hydrogens (primary N) is 2. The van der Waals surface area contributed by atoms with Crippen LogP contribution in [0.4, 0.5) is 23.1 Å². The molecule has 8 nitrogen and oxygen atoms in total. The van der Waals surface area contributed by atoms with Gasteiger partial charge in [-0.15, -0.1) is 0 Å². The third-order valence-corrected chi connectivity index (χ3v) is 4.53. The van der Waals surface area contributed by atoms with Crippen molar-refractivity contribution in [3.8, 4) is 11.3 Å². The number of rotatable bonds is 3. The Morgan fingerprint density at radius 1 is 0.929 bits per heavy atom. The standard InChI is InChI=1S/C18H20N8.C2H6/c19-17-16(11-22-18(20)24-17)26-8-6-25(7-9-26)14-3-1-2-13(10-14)15-4-5-21-12-23-15;1-2/h1-5,10-12H,6-9H2,(H4,19,20,22,24);1-2H3. The largest absolute Gasteiger partial charge is 0.382 e. The number of benzene rings is 1. The fourth-order valence-electron chi connectivity index (χ4n) is 3.18. The molecule has 0 atom stereocenters. The van der Waals surface area contributed by atoms with Gasteiger partial charge in [0.25, 0.3) is 0 Å². The van der Waals surface area contributed by atoms with Crippen LogP contribution in [0.25, 0.3) is 11.3 Å². The van der Waals surface area contributed by atoms with Gasteiger partial charge in [0.15, 0.2) is 5.82 Å². The first kappa shape index (κ1) is 19.3. The first-order valence-corrected chi connectivity index (χ1v) is 9.45. The first-order chi connectivity index (χ1) is 13.7. The molecule has 28 heavy (non-hydrogen) atoms. The molecule has 2 aromatic heterocycles. The predicted octanol–water partition coefficient (Wildman–Crippen LogP) is 2.45. The van der Waals surface area contributed by atoms with Crippen molar-refractivity contribution in [3.63, 3.8) is 0 Å². The Balaban J connectivity index is 0.00000109. The van der Waals surface area contributed by atoms with E-state index in [4.69, 9.17) is 11.5 Å². The highest BCUT2D eigenvalue weighted by molar-refractivity contribution is 5.67. The minimum absolute atomic E-state index is 0.200. The highest BCUT2D eigenvalue weighted by atomic mass is 15.3. The van der Waals surface area contributed by atoms with Gasteiger partial charge < -0.3 is 21.3 Å². The zero-order valence-electron chi connectivity index (χ0n) is 16.3. The molecule has 0 spiro atoms. The van der Waals surface area contributed by atoms with Crippen LogP contribution in [0.3, 0.4) is 0 Å². The van der Waals surface area contributed by atoms with E-state index in [-0.39, 0.29) is 5.95 Å². The van der Waals surface area contributed by atoms with Crippen molar-refractivity contribution in [3.05, 3.63) is 49.1 Å². The van der Waals surface area contributed by atoms with Gasteiger partial charge in [-0.05, 0) is 18.2 Å². The minimum Gasteiger partial charge on any atom is -0.382 e. The van der Waals surface area contributed by atoms with Crippen LogP contribution in [0, 0.1) is 0 Å². The lowest BCUT2D eigenvalue weighted by molar-refractivity contribution is 0.652. The topological polar surface area (TPSA) is 110 Å². The molecule has 1 aliphatic rings. The fourth-order valence-corrected chi connectivity index (χ4v) is 3.18. The fraction of sp³-hybridized carbons (Fsp3) is 0.300. The van der Waals surface area contributed by atoms with Gasteiger partial charge in [0.05, 0.1) is 17.6 Å². The molecule has 0 bridgehead atoms. The molecule has 0 saturated carbocycles. The van der Waals surface area contributed by atoms with Gasteiger partial charge in [-0.3, -0.25) is 0 Å². The average Bonchev–Trinajstić information content (AvgIpc) is 2.76. The Bertz CT molecular complexity index is 892. The van der Waals surface area contributed by atoms with E-state index >= 15 is 0 Å². The summed E-state index contributed by atoms with van der Waals surface area (Å²) in [6.45, 7) is 7.46. The van der Waals surface area contributed by atoms with Crippen LogP contribution in [0.1, 0.15) is 13.8 Å². The Morgan fingerprint density at radius 2 is 1.68 bits per heavy atom. The summed E-state index contributed by atoms with van der Waals surface area (Å²) in [6, 6.07) is 10.3. The molecule has 0 amide bonds. The Hall–Kier alpha value is -3.42. The van der Waals surface area contributed by atoms with Crippen LogP contribution >= 0.6 is 0 Å². The lowest BCUT2D eigenvalue weighted by Gasteiger charge is -2.37. The number of piperazine rings is 1. The minimum atomic E-state index is 0.200. The number of aromatic nitrogens is 4. The number of hydrogen-bond acceptors (Lipinski definition) is 8. The van der Waals surface area contributed by atoms with E-state index in [1.54, 1.807) is 18.7 Å². The van der Waals surface area contributed by atoms with E-state index in [2.05, 4.69) is 54.0 Å². The maximum absolute atomic E-state index is 5.98. The SMILES string of the molecule is CC.Nc1ncc(N2CCN(c3cccc(-c4ccncn4)c3)CC2)c(N)n1. The molecule has 1 saturated heterocycles. The molecular formula is C20H26N8. The molecule has 0 aliphatic carbocycles. The summed E-state index contributed by atoms with van der Waals surface area (Å²) in [5.41, 5.74) is 15.6. The van der Waals surface area contributed by atoms with E-state index in [9.17, 15) is 0 Å². The van der Waals surface area contributed by atoms with E-state index in [0.29, 0.717) is 5.82 Å². The molecule has 8 heteroatoms. The Kier molecular flexibility index (Phi) is 6.21. The van der Waals surface area contributed by atoms with Gasteiger partial charge in [-0.2, -0.15) is 4.98 Å². The van der Waals surface area contributed by atoms with E-state index in [1.807, 2.05) is 19.9 Å². The van der Waals surface area contributed by atoms with E-state index in [1.165, 1.54) is 5.69 Å². The van der Waals surface area contributed by atoms with Gasteiger partial charge in [-0.1, -0.05) is 26.0 Å². The third kappa shape index (κ3) is 4.28. The molecular weight excluding hydrogens is 352 g/mol. The molecule has 1 aliphatic heterocycles. The smallest absolute Gasteiger partial charge is 0.222 e. The van der Waals surface area contributed by atoms with Crippen molar-refractivity contribution < 1.29 is 0 Å². The van der Waals surface area contributed by atoms with Crippen LogP contribution in [-0.4, -0.2) is 46.1 Å². The van der Waals surface area contributed by atoms with Crippen molar-refractivity contribution in [2.24, 2.45) is 0 Å². The summed E-state index contributed by atoms with van der Waals surface area (Å²) in [4.78, 5) is 21.0. The molecule has 0 unspecified atom stereocenters. The summed E-state index contributed by atoms with van der Waals surface area (Å²) in [6.07, 6.45) is 5.02. The number of nitrogens with zero attached hydrogens (tertiary/aromatic N) is 6. The van der Waals surface area contributed by atoms with Gasteiger partial charge in [0.1, 0.15) is 6.33 Å². The summed E-state index contributed by atoms with van der Waals surface area (Å²) in [5, 5.41) is 0. The molecule has 4 rings (SSSR count).